The Kier molecular flexibility index (Phi) is 2.63. The minimum Gasteiger partial charge on any atom is -0.497 e. The minimum absolute atomic E-state index is 0.0881. The molecule has 1 amide bonds. The van der Waals surface area contributed by atoms with Gasteiger partial charge in [-0.2, -0.15) is 0 Å². The molecular weight excluding hydrogens is 198 g/mol. The third-order valence-electron chi connectivity index (χ3n) is 2.10. The van der Waals surface area contributed by atoms with Crippen LogP contribution in [0.25, 0.3) is 0 Å². The van der Waals surface area contributed by atoms with Crippen molar-refractivity contribution in [1.29, 1.82) is 0 Å². The van der Waals surface area contributed by atoms with Gasteiger partial charge >= 0.3 is 0 Å². The largest absolute Gasteiger partial charge is 0.497 e. The van der Waals surface area contributed by atoms with Crippen LogP contribution in [-0.4, -0.2) is 18.8 Å². The van der Waals surface area contributed by atoms with Gasteiger partial charge in [0, 0.05) is 11.4 Å². The average molecular weight is 209 g/mol. The van der Waals surface area contributed by atoms with Crippen LogP contribution >= 0.6 is 11.8 Å². The summed E-state index contributed by atoms with van der Waals surface area (Å²) in [6, 6.07) is 5.88. The molecule has 0 radical (unpaired) electrons. The van der Waals surface area contributed by atoms with Crippen molar-refractivity contribution in [2.24, 2.45) is 0 Å². The second kappa shape index (κ2) is 3.92. The highest BCUT2D eigenvalue weighted by Gasteiger charge is 2.12. The number of carbonyl (C=O) groups is 1. The van der Waals surface area contributed by atoms with E-state index < -0.39 is 0 Å². The Hall–Kier alpha value is -1.16. The lowest BCUT2D eigenvalue weighted by atomic mass is 10.2. The summed E-state index contributed by atoms with van der Waals surface area (Å²) in [5.41, 5.74) is 1.13. The maximum atomic E-state index is 11.1. The molecular formula is C10H11NO2S. The van der Waals surface area contributed by atoms with E-state index in [1.165, 1.54) is 0 Å². The molecule has 0 bridgehead atoms. The summed E-state index contributed by atoms with van der Waals surface area (Å²) in [6.45, 7) is 0.596. The predicted molar refractivity (Wildman–Crippen MR) is 55.6 cm³/mol. The molecule has 0 saturated carbocycles. The Balaban J connectivity index is 2.31. The highest BCUT2D eigenvalue weighted by atomic mass is 32.2. The first-order valence-corrected chi connectivity index (χ1v) is 5.34. The van der Waals surface area contributed by atoms with Gasteiger partial charge in [0.25, 0.3) is 0 Å². The van der Waals surface area contributed by atoms with Crippen molar-refractivity contribution < 1.29 is 9.53 Å². The Morgan fingerprint density at radius 1 is 1.50 bits per heavy atom. The summed E-state index contributed by atoms with van der Waals surface area (Å²) >= 11 is 1.57. The van der Waals surface area contributed by atoms with Crippen LogP contribution in [-0.2, 0) is 11.3 Å². The number of rotatable bonds is 1. The van der Waals surface area contributed by atoms with E-state index >= 15 is 0 Å². The van der Waals surface area contributed by atoms with Crippen molar-refractivity contribution in [3.63, 3.8) is 0 Å². The number of hydrogen-bond donors (Lipinski definition) is 1. The Morgan fingerprint density at radius 2 is 2.36 bits per heavy atom. The summed E-state index contributed by atoms with van der Waals surface area (Å²) in [4.78, 5) is 12.3. The highest BCUT2D eigenvalue weighted by molar-refractivity contribution is 8.00. The molecule has 74 valence electrons. The zero-order valence-electron chi connectivity index (χ0n) is 7.87. The Labute approximate surface area is 86.8 Å². The number of fused-ring (bicyclic) bond motifs is 1. The van der Waals surface area contributed by atoms with E-state index in [0.29, 0.717) is 12.3 Å². The van der Waals surface area contributed by atoms with Gasteiger partial charge < -0.3 is 10.1 Å². The van der Waals surface area contributed by atoms with Gasteiger partial charge in [-0.05, 0) is 23.8 Å². The van der Waals surface area contributed by atoms with Crippen LogP contribution in [0.1, 0.15) is 5.56 Å². The number of benzene rings is 1. The third-order valence-corrected chi connectivity index (χ3v) is 3.22. The lowest BCUT2D eigenvalue weighted by molar-refractivity contribution is -0.118. The number of amides is 1. The summed E-state index contributed by atoms with van der Waals surface area (Å²) in [5.74, 6) is 1.42. The summed E-state index contributed by atoms with van der Waals surface area (Å²) in [7, 11) is 1.64. The van der Waals surface area contributed by atoms with Crippen LogP contribution in [0.4, 0.5) is 0 Å². The Morgan fingerprint density at radius 3 is 3.14 bits per heavy atom. The fourth-order valence-corrected chi connectivity index (χ4v) is 2.22. The molecule has 1 N–H and O–H groups in total. The second-order valence-corrected chi connectivity index (χ2v) is 4.06. The van der Waals surface area contributed by atoms with Gasteiger partial charge in [-0.25, -0.2) is 0 Å². The summed E-state index contributed by atoms with van der Waals surface area (Å²) in [5, 5.41) is 2.84. The molecule has 0 fully saturated rings. The zero-order valence-corrected chi connectivity index (χ0v) is 8.69. The molecule has 0 spiro atoms. The fourth-order valence-electron chi connectivity index (χ4n) is 1.35. The van der Waals surface area contributed by atoms with E-state index in [4.69, 9.17) is 4.74 Å². The van der Waals surface area contributed by atoms with Crippen LogP contribution in [0.15, 0.2) is 23.1 Å². The molecule has 0 saturated heterocycles. The van der Waals surface area contributed by atoms with E-state index in [9.17, 15) is 4.79 Å². The first-order chi connectivity index (χ1) is 6.79. The quantitative estimate of drug-likeness (QED) is 0.760. The van der Waals surface area contributed by atoms with Crippen LogP contribution in [0.3, 0.4) is 0 Å². The summed E-state index contributed by atoms with van der Waals surface area (Å²) in [6.07, 6.45) is 0. The molecule has 2 rings (SSSR count). The van der Waals surface area contributed by atoms with Gasteiger partial charge in [0.2, 0.25) is 5.91 Å². The van der Waals surface area contributed by atoms with Gasteiger partial charge in [0.15, 0.2) is 0 Å². The monoisotopic (exact) mass is 209 g/mol. The molecule has 0 aromatic heterocycles. The molecule has 0 aliphatic carbocycles. The second-order valence-electron chi connectivity index (χ2n) is 3.04. The average Bonchev–Trinajstić information content (AvgIpc) is 2.40. The standard InChI is InChI=1S/C10H11NO2S/c1-13-8-2-3-9-7(4-8)5-11-10(12)6-14-9/h2-4H,5-6H2,1H3,(H,11,12). The highest BCUT2D eigenvalue weighted by Crippen LogP contribution is 2.28. The molecule has 4 heteroatoms. The van der Waals surface area contributed by atoms with Crippen LogP contribution in [0, 0.1) is 0 Å². The maximum Gasteiger partial charge on any atom is 0.230 e. The minimum atomic E-state index is 0.0881. The van der Waals surface area contributed by atoms with Crippen molar-refractivity contribution >= 4 is 17.7 Å². The van der Waals surface area contributed by atoms with Crippen molar-refractivity contribution in [2.75, 3.05) is 12.9 Å². The number of ether oxygens (including phenoxy) is 1. The lowest BCUT2D eigenvalue weighted by Crippen LogP contribution is -2.22. The topological polar surface area (TPSA) is 38.3 Å². The van der Waals surface area contributed by atoms with E-state index in [2.05, 4.69) is 5.32 Å². The van der Waals surface area contributed by atoms with Gasteiger partial charge in [-0.3, -0.25) is 4.79 Å². The smallest absolute Gasteiger partial charge is 0.230 e. The predicted octanol–water partition coefficient (Wildman–Crippen LogP) is 1.42. The van der Waals surface area contributed by atoms with Crippen LogP contribution in [0.2, 0.25) is 0 Å². The van der Waals surface area contributed by atoms with Crippen LogP contribution < -0.4 is 10.1 Å². The number of thioether (sulfide) groups is 1. The molecule has 0 atom stereocenters. The van der Waals surface area contributed by atoms with E-state index in [1.807, 2.05) is 18.2 Å². The van der Waals surface area contributed by atoms with Crippen molar-refractivity contribution in [1.82, 2.24) is 5.32 Å². The van der Waals surface area contributed by atoms with Gasteiger partial charge in [-0.15, -0.1) is 11.8 Å². The zero-order chi connectivity index (χ0) is 9.97. The normalized spacial score (nSPS) is 15.4. The Bertz CT molecular complexity index is 365. The molecule has 0 unspecified atom stereocenters. The maximum absolute atomic E-state index is 11.1. The molecule has 3 nitrogen and oxygen atoms in total. The van der Waals surface area contributed by atoms with Gasteiger partial charge in [0.05, 0.1) is 12.9 Å². The van der Waals surface area contributed by atoms with Crippen molar-refractivity contribution in [2.45, 2.75) is 11.4 Å². The molecule has 14 heavy (non-hydrogen) atoms. The SMILES string of the molecule is COc1ccc2c(c1)CNC(=O)CS2. The third kappa shape index (κ3) is 1.85. The first kappa shape index (κ1) is 9.40. The number of methoxy groups -OCH3 is 1. The van der Waals surface area contributed by atoms with Gasteiger partial charge in [-0.1, -0.05) is 0 Å². The number of hydrogen-bond acceptors (Lipinski definition) is 3. The molecule has 1 heterocycles. The first-order valence-electron chi connectivity index (χ1n) is 4.36. The van der Waals surface area contributed by atoms with Crippen molar-refractivity contribution in [3.8, 4) is 5.75 Å². The molecule has 1 aliphatic heterocycles. The number of nitrogens with one attached hydrogen (secondary N) is 1. The molecule has 1 aromatic carbocycles. The van der Waals surface area contributed by atoms with E-state index in [0.717, 1.165) is 16.2 Å². The van der Waals surface area contributed by atoms with Crippen molar-refractivity contribution in [3.05, 3.63) is 23.8 Å². The van der Waals surface area contributed by atoms with Crippen LogP contribution in [0.5, 0.6) is 5.75 Å². The van der Waals surface area contributed by atoms with Gasteiger partial charge in [0.1, 0.15) is 5.75 Å². The lowest BCUT2D eigenvalue weighted by Gasteiger charge is -2.06. The molecule has 1 aromatic rings. The molecule has 1 aliphatic rings. The summed E-state index contributed by atoms with van der Waals surface area (Å²) < 4.78 is 5.13. The van der Waals surface area contributed by atoms with E-state index in [-0.39, 0.29) is 5.91 Å². The van der Waals surface area contributed by atoms with E-state index in [1.54, 1.807) is 18.9 Å². The fraction of sp³-hybridized carbons (Fsp3) is 0.300. The number of carbonyl (C=O) groups excluding carboxylic acids is 1.